The van der Waals surface area contributed by atoms with Gasteiger partial charge in [0.2, 0.25) is 5.91 Å². The van der Waals surface area contributed by atoms with Gasteiger partial charge in [0.1, 0.15) is 16.5 Å². The summed E-state index contributed by atoms with van der Waals surface area (Å²) < 4.78 is 5.50. The van der Waals surface area contributed by atoms with Crippen molar-refractivity contribution in [2.75, 3.05) is 25.0 Å². The molecular weight excluding hydrogens is 312 g/mol. The minimum atomic E-state index is -0.0455. The number of nitrogens with zero attached hydrogens (tertiary/aromatic N) is 2. The van der Waals surface area contributed by atoms with Gasteiger partial charge in [-0.2, -0.15) is 0 Å². The second-order valence-corrected chi connectivity index (χ2v) is 6.81. The zero-order valence-electron chi connectivity index (χ0n) is 13.5. The third-order valence-corrected chi connectivity index (χ3v) is 5.04. The molecule has 2 N–H and O–H groups in total. The predicted molar refractivity (Wildman–Crippen MR) is 92.0 cm³/mol. The van der Waals surface area contributed by atoms with E-state index in [-0.39, 0.29) is 18.6 Å². The van der Waals surface area contributed by atoms with Gasteiger partial charge in [-0.25, -0.2) is 9.97 Å². The molecule has 3 rings (SSSR count). The van der Waals surface area contributed by atoms with Crippen LogP contribution in [-0.2, 0) is 16.0 Å². The summed E-state index contributed by atoms with van der Waals surface area (Å²) in [5.41, 5.74) is 0. The molecule has 23 heavy (non-hydrogen) atoms. The Morgan fingerprint density at radius 1 is 1.48 bits per heavy atom. The molecule has 0 aliphatic carbocycles. The van der Waals surface area contributed by atoms with Crippen LogP contribution in [0.1, 0.15) is 30.5 Å². The van der Waals surface area contributed by atoms with E-state index in [2.05, 4.69) is 33.6 Å². The van der Waals surface area contributed by atoms with Gasteiger partial charge < -0.3 is 15.4 Å². The van der Waals surface area contributed by atoms with Crippen LogP contribution < -0.4 is 10.6 Å². The zero-order valence-corrected chi connectivity index (χ0v) is 14.3. The van der Waals surface area contributed by atoms with Crippen molar-refractivity contribution in [3.63, 3.8) is 0 Å². The summed E-state index contributed by atoms with van der Waals surface area (Å²) >= 11 is 1.68. The number of anilines is 1. The molecular formula is C16H22N4O2S. The van der Waals surface area contributed by atoms with Gasteiger partial charge >= 0.3 is 0 Å². The fourth-order valence-corrected chi connectivity index (χ4v) is 3.66. The van der Waals surface area contributed by atoms with Crippen molar-refractivity contribution in [2.24, 2.45) is 0 Å². The van der Waals surface area contributed by atoms with Gasteiger partial charge in [-0.1, -0.05) is 6.92 Å². The van der Waals surface area contributed by atoms with E-state index in [0.29, 0.717) is 12.4 Å². The number of aromatic nitrogens is 2. The van der Waals surface area contributed by atoms with Gasteiger partial charge in [-0.3, -0.25) is 4.79 Å². The first-order valence-corrected chi connectivity index (χ1v) is 8.86. The standard InChI is InChI=1S/C16H22N4O2S/c1-3-12-7-13-15(19-10(2)20-16(13)23-12)18-9-14(21)17-8-11-5-4-6-22-11/h7,11H,3-6,8-9H2,1-2H3,(H,17,21)(H,18,19,20). The number of hydrogen-bond acceptors (Lipinski definition) is 6. The van der Waals surface area contributed by atoms with Crippen molar-refractivity contribution in [3.8, 4) is 0 Å². The molecule has 1 aliphatic rings. The molecule has 0 saturated carbocycles. The number of carbonyl (C=O) groups excluding carboxylic acids is 1. The second kappa shape index (κ2) is 7.23. The van der Waals surface area contributed by atoms with Crippen LogP contribution in [0.2, 0.25) is 0 Å². The summed E-state index contributed by atoms with van der Waals surface area (Å²) in [4.78, 5) is 23.1. The van der Waals surface area contributed by atoms with E-state index in [4.69, 9.17) is 4.74 Å². The van der Waals surface area contributed by atoms with Crippen LogP contribution in [0.3, 0.4) is 0 Å². The smallest absolute Gasteiger partial charge is 0.239 e. The Kier molecular flexibility index (Phi) is 5.07. The molecule has 1 unspecified atom stereocenters. The Hall–Kier alpha value is -1.73. The number of fused-ring (bicyclic) bond motifs is 1. The fraction of sp³-hybridized carbons (Fsp3) is 0.562. The topological polar surface area (TPSA) is 76.1 Å². The highest BCUT2D eigenvalue weighted by Crippen LogP contribution is 2.29. The second-order valence-electron chi connectivity index (χ2n) is 5.70. The minimum Gasteiger partial charge on any atom is -0.376 e. The van der Waals surface area contributed by atoms with Gasteiger partial charge in [0.15, 0.2) is 0 Å². The van der Waals surface area contributed by atoms with Gasteiger partial charge in [0, 0.05) is 18.0 Å². The van der Waals surface area contributed by atoms with E-state index in [9.17, 15) is 4.79 Å². The predicted octanol–water partition coefficient (Wildman–Crippen LogP) is 2.27. The first-order valence-electron chi connectivity index (χ1n) is 8.05. The highest BCUT2D eigenvalue weighted by Gasteiger charge is 2.16. The third kappa shape index (κ3) is 3.97. The molecule has 1 atom stereocenters. The SMILES string of the molecule is CCc1cc2c(NCC(=O)NCC3CCCO3)nc(C)nc2s1. The Bertz CT molecular complexity index is 695. The molecule has 1 aliphatic heterocycles. The normalized spacial score (nSPS) is 17.6. The number of amides is 1. The summed E-state index contributed by atoms with van der Waals surface area (Å²) in [6.45, 7) is 5.58. The summed E-state index contributed by atoms with van der Waals surface area (Å²) in [5.74, 6) is 1.40. The monoisotopic (exact) mass is 334 g/mol. The molecule has 0 aromatic carbocycles. The highest BCUT2D eigenvalue weighted by atomic mass is 32.1. The van der Waals surface area contributed by atoms with E-state index < -0.39 is 0 Å². The van der Waals surface area contributed by atoms with Crippen LogP contribution in [0.15, 0.2) is 6.07 Å². The summed E-state index contributed by atoms with van der Waals surface area (Å²) in [6.07, 6.45) is 3.24. The molecule has 7 heteroatoms. The number of nitrogens with one attached hydrogen (secondary N) is 2. The number of carbonyl (C=O) groups is 1. The third-order valence-electron chi connectivity index (χ3n) is 3.87. The van der Waals surface area contributed by atoms with E-state index in [1.165, 1.54) is 4.88 Å². The maximum atomic E-state index is 12.0. The summed E-state index contributed by atoms with van der Waals surface area (Å²) in [6, 6.07) is 2.10. The number of rotatable bonds is 6. The van der Waals surface area contributed by atoms with Gasteiger partial charge in [-0.05, 0) is 32.3 Å². The minimum absolute atomic E-state index is 0.0455. The maximum Gasteiger partial charge on any atom is 0.239 e. The molecule has 0 spiro atoms. The average Bonchev–Trinajstić information content (AvgIpc) is 3.19. The molecule has 3 heterocycles. The molecule has 2 aromatic heterocycles. The van der Waals surface area contributed by atoms with Crippen molar-refractivity contribution >= 4 is 33.3 Å². The lowest BCUT2D eigenvalue weighted by molar-refractivity contribution is -0.119. The van der Waals surface area contributed by atoms with Crippen LogP contribution >= 0.6 is 11.3 Å². The lowest BCUT2D eigenvalue weighted by Gasteiger charge is -2.12. The van der Waals surface area contributed by atoms with Crippen LogP contribution in [0.25, 0.3) is 10.2 Å². The Labute approximate surface area is 139 Å². The molecule has 0 bridgehead atoms. The molecule has 124 valence electrons. The van der Waals surface area contributed by atoms with Crippen molar-refractivity contribution in [2.45, 2.75) is 39.2 Å². The van der Waals surface area contributed by atoms with Crippen LogP contribution in [0, 0.1) is 6.92 Å². The largest absolute Gasteiger partial charge is 0.376 e. The lowest BCUT2D eigenvalue weighted by atomic mass is 10.2. The van der Waals surface area contributed by atoms with Gasteiger partial charge in [0.05, 0.1) is 18.0 Å². The van der Waals surface area contributed by atoms with E-state index in [1.54, 1.807) is 11.3 Å². The molecule has 2 aromatic rings. The van der Waals surface area contributed by atoms with E-state index in [1.807, 2.05) is 6.92 Å². The molecule has 1 fully saturated rings. The quantitative estimate of drug-likeness (QED) is 0.847. The van der Waals surface area contributed by atoms with Crippen molar-refractivity contribution < 1.29 is 9.53 Å². The van der Waals surface area contributed by atoms with Crippen LogP contribution in [0.5, 0.6) is 0 Å². The Balaban J connectivity index is 1.61. The maximum absolute atomic E-state index is 12.0. The first kappa shape index (κ1) is 16.1. The van der Waals surface area contributed by atoms with Gasteiger partial charge in [0.25, 0.3) is 0 Å². The fourth-order valence-electron chi connectivity index (χ4n) is 2.65. The average molecular weight is 334 g/mol. The van der Waals surface area contributed by atoms with Crippen molar-refractivity contribution in [1.29, 1.82) is 0 Å². The Morgan fingerprint density at radius 2 is 2.35 bits per heavy atom. The van der Waals surface area contributed by atoms with E-state index >= 15 is 0 Å². The number of ether oxygens (including phenoxy) is 1. The molecule has 1 saturated heterocycles. The highest BCUT2D eigenvalue weighted by molar-refractivity contribution is 7.18. The van der Waals surface area contributed by atoms with Crippen LogP contribution in [-0.4, -0.2) is 41.7 Å². The molecule has 6 nitrogen and oxygen atoms in total. The summed E-state index contributed by atoms with van der Waals surface area (Å²) in [5, 5.41) is 7.04. The van der Waals surface area contributed by atoms with Gasteiger partial charge in [-0.15, -0.1) is 11.3 Å². The lowest BCUT2D eigenvalue weighted by Crippen LogP contribution is -2.35. The Morgan fingerprint density at radius 3 is 3.09 bits per heavy atom. The summed E-state index contributed by atoms with van der Waals surface area (Å²) in [7, 11) is 0. The first-order chi connectivity index (χ1) is 11.2. The van der Waals surface area contributed by atoms with Crippen molar-refractivity contribution in [1.82, 2.24) is 15.3 Å². The van der Waals surface area contributed by atoms with E-state index in [0.717, 1.165) is 41.9 Å². The number of aryl methyl sites for hydroxylation is 2. The number of thiophene rings is 1. The molecule has 1 amide bonds. The van der Waals surface area contributed by atoms with Crippen molar-refractivity contribution in [3.05, 3.63) is 16.8 Å². The number of hydrogen-bond donors (Lipinski definition) is 2. The zero-order chi connectivity index (χ0) is 16.2. The molecule has 0 radical (unpaired) electrons. The van der Waals surface area contributed by atoms with Crippen LogP contribution in [0.4, 0.5) is 5.82 Å².